The van der Waals surface area contributed by atoms with Crippen LogP contribution >= 0.6 is 0 Å². The molecule has 0 amide bonds. The van der Waals surface area contributed by atoms with Crippen LogP contribution in [-0.4, -0.2) is 22.1 Å². The van der Waals surface area contributed by atoms with Crippen molar-refractivity contribution in [3.8, 4) is 0 Å². The topological polar surface area (TPSA) is 83.5 Å². The molecular weight excluding hydrogens is 240 g/mol. The predicted octanol–water partition coefficient (Wildman–Crippen LogP) is 1.84. The Morgan fingerprint density at radius 2 is 2.32 bits per heavy atom. The maximum Gasteiger partial charge on any atom is 0.188 e. The van der Waals surface area contributed by atoms with Crippen LogP contribution in [0.1, 0.15) is 43.9 Å². The molecule has 0 bridgehead atoms. The smallest absolute Gasteiger partial charge is 0.188 e. The predicted molar refractivity (Wildman–Crippen MR) is 75.0 cm³/mol. The molecular formula is C14H22N4O. The number of pyridine rings is 1. The van der Waals surface area contributed by atoms with Crippen LogP contribution in [0, 0.1) is 5.92 Å². The van der Waals surface area contributed by atoms with Crippen molar-refractivity contribution in [3.05, 3.63) is 29.6 Å². The van der Waals surface area contributed by atoms with Crippen molar-refractivity contribution < 1.29 is 5.21 Å². The van der Waals surface area contributed by atoms with E-state index in [0.717, 1.165) is 18.0 Å². The Morgan fingerprint density at radius 3 is 3.05 bits per heavy atom. The molecule has 0 aromatic carbocycles. The molecule has 5 heteroatoms. The first-order chi connectivity index (χ1) is 9.20. The molecule has 104 valence electrons. The van der Waals surface area contributed by atoms with Gasteiger partial charge in [0.05, 0.1) is 0 Å². The Morgan fingerprint density at radius 1 is 1.53 bits per heavy atom. The fraction of sp³-hybridized carbons (Fsp3) is 0.571. The van der Waals surface area contributed by atoms with Gasteiger partial charge in [-0.2, -0.15) is 0 Å². The monoisotopic (exact) mass is 262 g/mol. The third kappa shape index (κ3) is 3.67. The summed E-state index contributed by atoms with van der Waals surface area (Å²) >= 11 is 0. The third-order valence-corrected chi connectivity index (χ3v) is 3.87. The molecule has 1 aromatic rings. The normalized spacial score (nSPS) is 24.4. The summed E-state index contributed by atoms with van der Waals surface area (Å²) in [6.07, 6.45) is 6.91. The van der Waals surface area contributed by atoms with Crippen molar-refractivity contribution in [3.63, 3.8) is 0 Å². The van der Waals surface area contributed by atoms with Crippen LogP contribution in [0.2, 0.25) is 0 Å². The molecule has 1 aromatic heterocycles. The molecule has 2 unspecified atom stereocenters. The van der Waals surface area contributed by atoms with Gasteiger partial charge in [0.25, 0.3) is 0 Å². The van der Waals surface area contributed by atoms with Crippen molar-refractivity contribution in [2.24, 2.45) is 16.8 Å². The molecule has 1 heterocycles. The van der Waals surface area contributed by atoms with E-state index in [1.165, 1.54) is 25.7 Å². The molecule has 0 radical (unpaired) electrons. The number of hydrogen-bond acceptors (Lipinski definition) is 4. The number of nitrogens with zero attached hydrogens (tertiary/aromatic N) is 2. The lowest BCUT2D eigenvalue weighted by atomic mass is 9.86. The highest BCUT2D eigenvalue weighted by atomic mass is 16.4. The summed E-state index contributed by atoms with van der Waals surface area (Å²) in [7, 11) is 0. The molecule has 5 nitrogen and oxygen atoms in total. The van der Waals surface area contributed by atoms with Crippen LogP contribution < -0.4 is 11.1 Å². The van der Waals surface area contributed by atoms with Gasteiger partial charge in [-0.15, -0.1) is 0 Å². The molecule has 1 fully saturated rings. The number of amidine groups is 1. The van der Waals surface area contributed by atoms with Crippen molar-refractivity contribution in [1.29, 1.82) is 0 Å². The summed E-state index contributed by atoms with van der Waals surface area (Å²) < 4.78 is 0. The molecule has 0 saturated heterocycles. The number of nitrogens with two attached hydrogens (primary N) is 1. The summed E-state index contributed by atoms with van der Waals surface area (Å²) in [5.74, 6) is 0.784. The molecule has 2 atom stereocenters. The van der Waals surface area contributed by atoms with Gasteiger partial charge in [-0.05, 0) is 36.5 Å². The van der Waals surface area contributed by atoms with Crippen molar-refractivity contribution in [2.45, 2.75) is 45.2 Å². The van der Waals surface area contributed by atoms with Gasteiger partial charge in [0.1, 0.15) is 5.69 Å². The van der Waals surface area contributed by atoms with Crippen molar-refractivity contribution in [1.82, 2.24) is 10.3 Å². The zero-order valence-electron chi connectivity index (χ0n) is 11.3. The summed E-state index contributed by atoms with van der Waals surface area (Å²) in [4.78, 5) is 4.08. The van der Waals surface area contributed by atoms with Gasteiger partial charge < -0.3 is 16.3 Å². The first-order valence-corrected chi connectivity index (χ1v) is 6.87. The maximum atomic E-state index is 8.65. The van der Waals surface area contributed by atoms with E-state index in [1.807, 2.05) is 12.1 Å². The summed E-state index contributed by atoms with van der Waals surface area (Å²) in [5, 5.41) is 15.2. The lowest BCUT2D eigenvalue weighted by Gasteiger charge is -2.29. The maximum absolute atomic E-state index is 8.65. The molecule has 0 aliphatic heterocycles. The van der Waals surface area contributed by atoms with Gasteiger partial charge in [0.15, 0.2) is 5.84 Å². The zero-order chi connectivity index (χ0) is 13.7. The van der Waals surface area contributed by atoms with Gasteiger partial charge in [0.2, 0.25) is 0 Å². The summed E-state index contributed by atoms with van der Waals surface area (Å²) in [5.41, 5.74) is 7.16. The van der Waals surface area contributed by atoms with Gasteiger partial charge in [-0.1, -0.05) is 24.9 Å². The number of nitrogens with one attached hydrogen (secondary N) is 1. The van der Waals surface area contributed by atoms with Crippen LogP contribution in [0.4, 0.5) is 0 Å². The van der Waals surface area contributed by atoms with E-state index < -0.39 is 0 Å². The largest absolute Gasteiger partial charge is 0.409 e. The van der Waals surface area contributed by atoms with E-state index >= 15 is 0 Å². The minimum absolute atomic E-state index is 0.0490. The number of aromatic nitrogens is 1. The highest BCUT2D eigenvalue weighted by Gasteiger charge is 2.20. The van der Waals surface area contributed by atoms with Crippen LogP contribution in [0.3, 0.4) is 0 Å². The second-order valence-electron chi connectivity index (χ2n) is 5.28. The van der Waals surface area contributed by atoms with E-state index in [0.29, 0.717) is 11.7 Å². The van der Waals surface area contributed by atoms with E-state index in [4.69, 9.17) is 10.9 Å². The minimum Gasteiger partial charge on any atom is -0.409 e. The lowest BCUT2D eigenvalue weighted by molar-refractivity contribution is 0.279. The molecule has 4 N–H and O–H groups in total. The van der Waals surface area contributed by atoms with E-state index in [-0.39, 0.29) is 5.84 Å². The highest BCUT2D eigenvalue weighted by molar-refractivity contribution is 5.95. The van der Waals surface area contributed by atoms with Crippen LogP contribution in [0.5, 0.6) is 0 Å². The molecule has 0 spiro atoms. The second-order valence-corrected chi connectivity index (χ2v) is 5.28. The Balaban J connectivity index is 1.95. The van der Waals surface area contributed by atoms with E-state index in [9.17, 15) is 0 Å². The first kappa shape index (κ1) is 13.8. The Labute approximate surface area is 113 Å². The fourth-order valence-corrected chi connectivity index (χ4v) is 2.64. The Bertz CT molecular complexity index is 447. The average Bonchev–Trinajstić information content (AvgIpc) is 2.46. The molecule has 1 saturated carbocycles. The van der Waals surface area contributed by atoms with Crippen LogP contribution in [-0.2, 0) is 6.54 Å². The van der Waals surface area contributed by atoms with Gasteiger partial charge >= 0.3 is 0 Å². The van der Waals surface area contributed by atoms with Crippen LogP contribution in [0.25, 0.3) is 0 Å². The zero-order valence-corrected chi connectivity index (χ0v) is 11.3. The first-order valence-electron chi connectivity index (χ1n) is 6.87. The summed E-state index contributed by atoms with van der Waals surface area (Å²) in [6, 6.07) is 4.40. The molecule has 1 aliphatic carbocycles. The van der Waals surface area contributed by atoms with Crippen molar-refractivity contribution >= 4 is 5.84 Å². The van der Waals surface area contributed by atoms with Gasteiger partial charge in [-0.3, -0.25) is 4.98 Å². The quantitative estimate of drug-likeness (QED) is 0.334. The van der Waals surface area contributed by atoms with Gasteiger partial charge in [-0.25, -0.2) is 0 Å². The number of oxime groups is 1. The molecule has 19 heavy (non-hydrogen) atoms. The molecule has 2 rings (SSSR count). The van der Waals surface area contributed by atoms with Gasteiger partial charge in [0, 0.05) is 18.8 Å². The summed E-state index contributed by atoms with van der Waals surface area (Å²) in [6.45, 7) is 3.11. The second kappa shape index (κ2) is 6.52. The lowest BCUT2D eigenvalue weighted by Crippen LogP contribution is -2.36. The fourth-order valence-electron chi connectivity index (χ4n) is 2.64. The third-order valence-electron chi connectivity index (χ3n) is 3.87. The number of rotatable bonds is 4. The number of hydrogen-bond donors (Lipinski definition) is 3. The molecule has 1 aliphatic rings. The Kier molecular flexibility index (Phi) is 4.74. The van der Waals surface area contributed by atoms with E-state index in [1.54, 1.807) is 6.20 Å². The SMILES string of the molecule is CC1CCCCC1NCc1ccnc(C(N)=NO)c1. The minimum atomic E-state index is 0.0490. The highest BCUT2D eigenvalue weighted by Crippen LogP contribution is 2.23. The van der Waals surface area contributed by atoms with Crippen molar-refractivity contribution in [2.75, 3.05) is 0 Å². The van der Waals surface area contributed by atoms with Crippen LogP contribution in [0.15, 0.2) is 23.5 Å². The van der Waals surface area contributed by atoms with E-state index in [2.05, 4.69) is 22.4 Å². The Hall–Kier alpha value is -1.62. The average molecular weight is 262 g/mol. The standard InChI is InChI=1S/C14H22N4O/c1-10-4-2-3-5-12(10)17-9-11-6-7-16-13(8-11)14(15)18-19/h6-8,10,12,17,19H,2-5,9H2,1H3,(H2,15,18).